The molecule has 148 valence electrons. The molecule has 0 atom stereocenters. The highest BCUT2D eigenvalue weighted by Gasteiger charge is 2.73. The summed E-state index contributed by atoms with van der Waals surface area (Å²) in [6.07, 6.45) is -5.30. The molecule has 1 N–H and O–H groups in total. The molecule has 0 saturated heterocycles. The van der Waals surface area contributed by atoms with Crippen molar-refractivity contribution in [3.8, 4) is 0 Å². The van der Waals surface area contributed by atoms with Gasteiger partial charge in [0, 0.05) is 5.56 Å². The van der Waals surface area contributed by atoms with Crippen LogP contribution in [0.3, 0.4) is 0 Å². The lowest BCUT2D eigenvalue weighted by atomic mass is 10.2. The number of aliphatic imine (C=N–C) groups is 1. The second-order valence-electron chi connectivity index (χ2n) is 4.87. The number of alkyl halides is 7. The minimum atomic E-state index is -6.54. The van der Waals surface area contributed by atoms with Gasteiger partial charge in [-0.25, -0.2) is 4.79 Å². The number of nitrogens with one attached hydrogen (secondary N) is 1. The number of hydrogen-bond donors (Lipinski definition) is 1. The Labute approximate surface area is 146 Å². The van der Waals surface area contributed by atoms with E-state index >= 15 is 0 Å². The van der Waals surface area contributed by atoms with Crippen molar-refractivity contribution < 1.29 is 49.9 Å². The molecule has 0 aliphatic heterocycles. The molecule has 0 aliphatic rings. The molecule has 1 amide bonds. The Bertz CT molecular complexity index is 741. The van der Waals surface area contributed by atoms with Crippen LogP contribution in [0.25, 0.3) is 0 Å². The molecule has 0 radical (unpaired) electrons. The van der Waals surface area contributed by atoms with Crippen LogP contribution in [0.5, 0.6) is 0 Å². The first-order valence-electron chi connectivity index (χ1n) is 6.76. The van der Waals surface area contributed by atoms with Crippen LogP contribution >= 0.6 is 0 Å². The van der Waals surface area contributed by atoms with Crippen LogP contribution in [-0.4, -0.2) is 49.1 Å². The average Bonchev–Trinajstić information content (AvgIpc) is 2.57. The largest absolute Gasteiger partial charge is 0.460 e. The van der Waals surface area contributed by atoms with Crippen LogP contribution in [-0.2, 0) is 14.3 Å². The van der Waals surface area contributed by atoms with Gasteiger partial charge >= 0.3 is 24.0 Å². The number of esters is 1. The molecule has 1 rings (SSSR count). The quantitative estimate of drug-likeness (QED) is 0.329. The molecule has 0 spiro atoms. The van der Waals surface area contributed by atoms with Gasteiger partial charge in [0.05, 0.1) is 5.69 Å². The topological polar surface area (TPSA) is 84.8 Å². The minimum absolute atomic E-state index is 0.0541. The number of carbonyl (C=O) groups excluding carboxylic acids is 3. The van der Waals surface area contributed by atoms with Crippen LogP contribution in [0.4, 0.5) is 36.4 Å². The van der Waals surface area contributed by atoms with E-state index in [0.717, 1.165) is 0 Å². The summed E-state index contributed by atoms with van der Waals surface area (Å²) in [4.78, 5) is 36.1. The summed E-state index contributed by atoms with van der Waals surface area (Å²) in [5.74, 6) is -14.7. The fourth-order valence-corrected chi connectivity index (χ4v) is 1.51. The molecule has 6 nitrogen and oxygen atoms in total. The van der Waals surface area contributed by atoms with E-state index in [1.54, 1.807) is 0 Å². The number of isocyanates is 1. The second-order valence-corrected chi connectivity index (χ2v) is 4.87. The SMILES string of the molecule is O=C=Nc1ccc(C(=O)NCC(=O)OCC(F)(F)C(F)(F)C(F)(F)F)cc1. The van der Waals surface area contributed by atoms with Gasteiger partial charge in [-0.15, -0.1) is 0 Å². The summed E-state index contributed by atoms with van der Waals surface area (Å²) in [6.45, 7) is -3.60. The van der Waals surface area contributed by atoms with Crippen molar-refractivity contribution in [1.82, 2.24) is 5.32 Å². The maximum absolute atomic E-state index is 13.0. The van der Waals surface area contributed by atoms with E-state index in [9.17, 15) is 45.1 Å². The predicted octanol–water partition coefficient (Wildman–Crippen LogP) is 2.76. The molecule has 27 heavy (non-hydrogen) atoms. The molecule has 0 fully saturated rings. The molecule has 13 heteroatoms. The van der Waals surface area contributed by atoms with E-state index in [1.165, 1.54) is 30.3 Å². The molecule has 1 aromatic carbocycles. The zero-order chi connectivity index (χ0) is 20.9. The van der Waals surface area contributed by atoms with E-state index in [-0.39, 0.29) is 11.3 Å². The van der Waals surface area contributed by atoms with Gasteiger partial charge < -0.3 is 10.1 Å². The van der Waals surface area contributed by atoms with Crippen molar-refractivity contribution in [2.24, 2.45) is 4.99 Å². The first-order chi connectivity index (χ1) is 12.3. The Morgan fingerprint density at radius 2 is 1.59 bits per heavy atom. The molecule has 0 unspecified atom stereocenters. The van der Waals surface area contributed by atoms with Gasteiger partial charge in [0.15, 0.2) is 6.61 Å². The summed E-state index contributed by atoms with van der Waals surface area (Å²) >= 11 is 0. The van der Waals surface area contributed by atoms with Crippen molar-refractivity contribution in [3.05, 3.63) is 29.8 Å². The Hall–Kier alpha value is -2.95. The average molecular weight is 402 g/mol. The predicted molar refractivity (Wildman–Crippen MR) is 73.5 cm³/mol. The van der Waals surface area contributed by atoms with Gasteiger partial charge in [-0.05, 0) is 24.3 Å². The molecular weight excluding hydrogens is 393 g/mol. The number of halogens is 7. The van der Waals surface area contributed by atoms with Crippen LogP contribution in [0, 0.1) is 0 Å². The molecule has 0 bridgehead atoms. The lowest BCUT2D eigenvalue weighted by Crippen LogP contribution is -2.54. The van der Waals surface area contributed by atoms with Crippen molar-refractivity contribution in [3.63, 3.8) is 0 Å². The van der Waals surface area contributed by atoms with E-state index in [2.05, 4.69) is 9.73 Å². The van der Waals surface area contributed by atoms with Crippen molar-refractivity contribution in [2.75, 3.05) is 13.2 Å². The monoisotopic (exact) mass is 402 g/mol. The van der Waals surface area contributed by atoms with E-state index in [1.807, 2.05) is 5.32 Å². The van der Waals surface area contributed by atoms with Crippen LogP contribution in [0.15, 0.2) is 29.3 Å². The first kappa shape index (κ1) is 22.1. The van der Waals surface area contributed by atoms with Gasteiger partial charge in [-0.3, -0.25) is 9.59 Å². The van der Waals surface area contributed by atoms with Gasteiger partial charge in [0.25, 0.3) is 5.91 Å². The number of carbonyl (C=O) groups is 2. The highest BCUT2D eigenvalue weighted by Crippen LogP contribution is 2.46. The third kappa shape index (κ3) is 5.51. The zero-order valence-corrected chi connectivity index (χ0v) is 12.9. The van der Waals surface area contributed by atoms with Crippen molar-refractivity contribution >= 4 is 23.6 Å². The second kappa shape index (κ2) is 8.16. The number of ether oxygens (including phenoxy) is 1. The normalized spacial score (nSPS) is 12.1. The third-order valence-electron chi connectivity index (χ3n) is 2.93. The maximum atomic E-state index is 13.0. The zero-order valence-electron chi connectivity index (χ0n) is 12.9. The number of hydrogen-bond acceptors (Lipinski definition) is 5. The smallest absolute Gasteiger partial charge is 0.458 e. The Morgan fingerprint density at radius 3 is 2.07 bits per heavy atom. The van der Waals surface area contributed by atoms with Crippen LogP contribution < -0.4 is 5.32 Å². The molecule has 0 saturated carbocycles. The van der Waals surface area contributed by atoms with Gasteiger partial charge in [0.1, 0.15) is 6.54 Å². The number of benzene rings is 1. The molecule has 1 aromatic rings. The number of nitrogens with zero attached hydrogens (tertiary/aromatic N) is 1. The van der Waals surface area contributed by atoms with Crippen LogP contribution in [0.2, 0.25) is 0 Å². The lowest BCUT2D eigenvalue weighted by molar-refractivity contribution is -0.359. The molecular formula is C14H9F7N2O4. The number of rotatable bonds is 7. The summed E-state index contributed by atoms with van der Waals surface area (Å²) in [7, 11) is 0. The third-order valence-corrected chi connectivity index (χ3v) is 2.93. The Balaban J connectivity index is 2.58. The standard InChI is InChI=1S/C14H9F7N2O4/c15-12(16,13(17,18)14(19,20)21)6-27-10(25)5-22-11(26)8-1-3-9(4-2-8)23-7-24/h1-4H,5-6H2,(H,22,26). The minimum Gasteiger partial charge on any atom is -0.458 e. The molecule has 0 aliphatic carbocycles. The Kier molecular flexibility index (Phi) is 6.68. The first-order valence-corrected chi connectivity index (χ1v) is 6.76. The van der Waals surface area contributed by atoms with Crippen molar-refractivity contribution in [2.45, 2.75) is 18.0 Å². The highest BCUT2D eigenvalue weighted by molar-refractivity contribution is 5.96. The van der Waals surface area contributed by atoms with Crippen molar-refractivity contribution in [1.29, 1.82) is 0 Å². The van der Waals surface area contributed by atoms with Gasteiger partial charge in [-0.2, -0.15) is 35.7 Å². The maximum Gasteiger partial charge on any atom is 0.460 e. The molecule has 0 aromatic heterocycles. The van der Waals surface area contributed by atoms with Gasteiger partial charge in [-0.1, -0.05) is 0 Å². The number of amides is 1. The fourth-order valence-electron chi connectivity index (χ4n) is 1.51. The van der Waals surface area contributed by atoms with Gasteiger partial charge in [0.2, 0.25) is 6.08 Å². The molecule has 0 heterocycles. The Morgan fingerprint density at radius 1 is 1.04 bits per heavy atom. The summed E-state index contributed by atoms with van der Waals surface area (Å²) < 4.78 is 90.6. The van der Waals surface area contributed by atoms with E-state index < -0.39 is 43.0 Å². The van der Waals surface area contributed by atoms with Crippen LogP contribution in [0.1, 0.15) is 10.4 Å². The lowest BCUT2D eigenvalue weighted by Gasteiger charge is -2.27. The fraction of sp³-hybridized carbons (Fsp3) is 0.357. The van der Waals surface area contributed by atoms with E-state index in [0.29, 0.717) is 0 Å². The highest BCUT2D eigenvalue weighted by atomic mass is 19.4. The van der Waals surface area contributed by atoms with E-state index in [4.69, 9.17) is 0 Å². The summed E-state index contributed by atoms with van der Waals surface area (Å²) in [5.41, 5.74) is 0.107. The summed E-state index contributed by atoms with van der Waals surface area (Å²) in [6, 6.07) is 4.82. The summed E-state index contributed by atoms with van der Waals surface area (Å²) in [5, 5.41) is 1.88.